The number of alkyl halides is 1. The maximum atomic E-state index is 12.5. The van der Waals surface area contributed by atoms with Gasteiger partial charge in [0.15, 0.2) is 0 Å². The molecule has 1 aliphatic heterocycles. The van der Waals surface area contributed by atoms with Crippen LogP contribution in [-0.2, 0) is 0 Å². The summed E-state index contributed by atoms with van der Waals surface area (Å²) in [6.07, 6.45) is -0.641. The van der Waals surface area contributed by atoms with Gasteiger partial charge in [-0.1, -0.05) is 18.2 Å². The van der Waals surface area contributed by atoms with Crippen LogP contribution in [0.15, 0.2) is 18.2 Å². The van der Waals surface area contributed by atoms with Crippen LogP contribution in [0.25, 0.3) is 0 Å². The van der Waals surface area contributed by atoms with Crippen molar-refractivity contribution >= 4 is 5.69 Å². The molecule has 2 heteroatoms. The van der Waals surface area contributed by atoms with E-state index in [1.165, 1.54) is 5.56 Å². The number of para-hydroxylation sites is 1. The normalized spacial score (nSPS) is 17.7. The molecular formula is C10H11FN. The molecule has 2 rings (SSSR count). The van der Waals surface area contributed by atoms with Gasteiger partial charge in [-0.3, -0.25) is 0 Å². The molecule has 0 atom stereocenters. The Balaban J connectivity index is 2.18. The summed E-state index contributed by atoms with van der Waals surface area (Å²) in [7, 11) is 0. The zero-order chi connectivity index (χ0) is 8.55. The summed E-state index contributed by atoms with van der Waals surface area (Å²) in [5, 5.41) is 0. The van der Waals surface area contributed by atoms with Gasteiger partial charge in [0.25, 0.3) is 0 Å². The number of benzene rings is 1. The van der Waals surface area contributed by atoms with Crippen LogP contribution in [0.3, 0.4) is 0 Å². The fourth-order valence-corrected chi connectivity index (χ4v) is 1.46. The third kappa shape index (κ3) is 1.17. The SMILES string of the molecule is Cc1ccc[c]c1N1CC(F)C1. The summed E-state index contributed by atoms with van der Waals surface area (Å²) in [5.41, 5.74) is 2.22. The van der Waals surface area contributed by atoms with Crippen molar-refractivity contribution in [2.24, 2.45) is 0 Å². The van der Waals surface area contributed by atoms with Crippen molar-refractivity contribution in [2.75, 3.05) is 18.0 Å². The Morgan fingerprint density at radius 3 is 2.92 bits per heavy atom. The van der Waals surface area contributed by atoms with Gasteiger partial charge in [0, 0.05) is 11.8 Å². The number of hydrogen-bond acceptors (Lipinski definition) is 1. The highest BCUT2D eigenvalue weighted by Gasteiger charge is 2.26. The molecule has 0 bridgehead atoms. The number of hydrogen-bond donors (Lipinski definition) is 0. The molecule has 1 fully saturated rings. The topological polar surface area (TPSA) is 3.24 Å². The monoisotopic (exact) mass is 164 g/mol. The van der Waals surface area contributed by atoms with E-state index < -0.39 is 6.17 Å². The Labute approximate surface area is 71.8 Å². The Morgan fingerprint density at radius 1 is 1.58 bits per heavy atom. The van der Waals surface area contributed by atoms with Gasteiger partial charge in [0.2, 0.25) is 0 Å². The lowest BCUT2D eigenvalue weighted by molar-refractivity contribution is 0.274. The van der Waals surface area contributed by atoms with Gasteiger partial charge in [0.05, 0.1) is 13.1 Å². The average Bonchev–Trinajstić information content (AvgIpc) is 2.01. The van der Waals surface area contributed by atoms with Crippen LogP contribution in [0.4, 0.5) is 10.1 Å². The predicted octanol–water partition coefficient (Wildman–Crippen LogP) is 1.95. The quantitative estimate of drug-likeness (QED) is 0.613. The first kappa shape index (κ1) is 7.59. The summed E-state index contributed by atoms with van der Waals surface area (Å²) in [6, 6.07) is 8.96. The standard InChI is InChI=1S/C10H11FN/c1-8-4-2-3-5-10(8)12-6-9(11)7-12/h2-4,9H,6-7H2,1H3. The molecule has 63 valence electrons. The highest BCUT2D eigenvalue weighted by molar-refractivity contribution is 5.54. The lowest BCUT2D eigenvalue weighted by atomic mass is 10.1. The second-order valence-electron chi connectivity index (χ2n) is 3.20. The number of halogens is 1. The minimum Gasteiger partial charge on any atom is -0.365 e. The van der Waals surface area contributed by atoms with Crippen LogP contribution >= 0.6 is 0 Å². The summed E-state index contributed by atoms with van der Waals surface area (Å²) in [5.74, 6) is 0. The van der Waals surface area contributed by atoms with Crippen molar-refractivity contribution in [3.63, 3.8) is 0 Å². The lowest BCUT2D eigenvalue weighted by Crippen LogP contribution is -2.48. The molecule has 1 heterocycles. The summed E-state index contributed by atoms with van der Waals surface area (Å²) >= 11 is 0. The Kier molecular flexibility index (Phi) is 1.75. The van der Waals surface area contributed by atoms with Crippen molar-refractivity contribution in [1.29, 1.82) is 0 Å². The van der Waals surface area contributed by atoms with Crippen molar-refractivity contribution in [3.05, 3.63) is 29.8 Å². The molecule has 1 saturated heterocycles. The Morgan fingerprint density at radius 2 is 2.33 bits per heavy atom. The summed E-state index contributed by atoms with van der Waals surface area (Å²) < 4.78 is 12.5. The van der Waals surface area contributed by atoms with E-state index >= 15 is 0 Å². The predicted molar refractivity (Wildman–Crippen MR) is 47.1 cm³/mol. The highest BCUT2D eigenvalue weighted by atomic mass is 19.1. The first-order valence-corrected chi connectivity index (χ1v) is 4.13. The molecule has 1 aliphatic rings. The second-order valence-corrected chi connectivity index (χ2v) is 3.20. The number of rotatable bonds is 1. The van der Waals surface area contributed by atoms with Gasteiger partial charge in [0.1, 0.15) is 6.17 Å². The molecule has 12 heavy (non-hydrogen) atoms. The maximum absolute atomic E-state index is 12.5. The van der Waals surface area contributed by atoms with Crippen molar-refractivity contribution in [1.82, 2.24) is 0 Å². The van der Waals surface area contributed by atoms with E-state index in [4.69, 9.17) is 0 Å². The molecule has 1 aromatic carbocycles. The molecule has 1 aromatic rings. The molecule has 0 N–H and O–H groups in total. The van der Waals surface area contributed by atoms with Crippen LogP contribution in [0.2, 0.25) is 0 Å². The molecule has 0 unspecified atom stereocenters. The van der Waals surface area contributed by atoms with Gasteiger partial charge >= 0.3 is 0 Å². The van der Waals surface area contributed by atoms with E-state index in [9.17, 15) is 4.39 Å². The average molecular weight is 164 g/mol. The van der Waals surface area contributed by atoms with E-state index in [0.717, 1.165) is 5.69 Å². The van der Waals surface area contributed by atoms with Crippen LogP contribution in [0.1, 0.15) is 5.56 Å². The third-order valence-corrected chi connectivity index (χ3v) is 2.19. The zero-order valence-electron chi connectivity index (χ0n) is 7.05. The Hall–Kier alpha value is -1.05. The highest BCUT2D eigenvalue weighted by Crippen LogP contribution is 2.24. The molecule has 0 amide bonds. The van der Waals surface area contributed by atoms with E-state index in [-0.39, 0.29) is 0 Å². The summed E-state index contributed by atoms with van der Waals surface area (Å²) in [6.45, 7) is 3.08. The maximum Gasteiger partial charge on any atom is 0.135 e. The molecule has 0 aliphatic carbocycles. The van der Waals surface area contributed by atoms with Gasteiger partial charge in [-0.15, -0.1) is 0 Å². The van der Waals surface area contributed by atoms with Gasteiger partial charge in [-0.2, -0.15) is 0 Å². The second kappa shape index (κ2) is 2.77. The first-order valence-electron chi connectivity index (χ1n) is 4.13. The fraction of sp³-hybridized carbons (Fsp3) is 0.400. The molecule has 1 nitrogen and oxygen atoms in total. The van der Waals surface area contributed by atoms with E-state index in [1.807, 2.05) is 30.0 Å². The number of anilines is 1. The van der Waals surface area contributed by atoms with Crippen molar-refractivity contribution in [2.45, 2.75) is 13.1 Å². The third-order valence-electron chi connectivity index (χ3n) is 2.19. The molecule has 0 aromatic heterocycles. The Bertz CT molecular complexity index is 279. The molecular weight excluding hydrogens is 153 g/mol. The first-order chi connectivity index (χ1) is 5.77. The van der Waals surface area contributed by atoms with Crippen LogP contribution < -0.4 is 4.90 Å². The van der Waals surface area contributed by atoms with Gasteiger partial charge < -0.3 is 4.90 Å². The minimum absolute atomic E-state index is 0.529. The van der Waals surface area contributed by atoms with Gasteiger partial charge in [-0.25, -0.2) is 4.39 Å². The number of aryl methyl sites for hydroxylation is 1. The van der Waals surface area contributed by atoms with Gasteiger partial charge in [-0.05, 0) is 12.5 Å². The summed E-state index contributed by atoms with van der Waals surface area (Å²) in [4.78, 5) is 2.01. The lowest BCUT2D eigenvalue weighted by Gasteiger charge is -2.37. The smallest absolute Gasteiger partial charge is 0.135 e. The minimum atomic E-state index is -0.641. The van der Waals surface area contributed by atoms with Crippen molar-refractivity contribution in [3.8, 4) is 0 Å². The molecule has 1 radical (unpaired) electrons. The fourth-order valence-electron chi connectivity index (χ4n) is 1.46. The number of nitrogens with zero attached hydrogens (tertiary/aromatic N) is 1. The van der Waals surface area contributed by atoms with Crippen LogP contribution in [-0.4, -0.2) is 19.3 Å². The largest absolute Gasteiger partial charge is 0.365 e. The van der Waals surface area contributed by atoms with E-state index in [2.05, 4.69) is 6.07 Å². The van der Waals surface area contributed by atoms with Crippen LogP contribution in [0, 0.1) is 13.0 Å². The van der Waals surface area contributed by atoms with E-state index in [1.54, 1.807) is 0 Å². The molecule has 0 spiro atoms. The van der Waals surface area contributed by atoms with Crippen molar-refractivity contribution < 1.29 is 4.39 Å². The molecule has 0 saturated carbocycles. The van der Waals surface area contributed by atoms with Crippen LogP contribution in [0.5, 0.6) is 0 Å². The van der Waals surface area contributed by atoms with E-state index in [0.29, 0.717) is 13.1 Å². The zero-order valence-corrected chi connectivity index (χ0v) is 7.05.